The van der Waals surface area contributed by atoms with Gasteiger partial charge in [0.05, 0.1) is 17.7 Å². The van der Waals surface area contributed by atoms with Crippen LogP contribution in [0.15, 0.2) is 108 Å². The zero-order valence-electron chi connectivity index (χ0n) is 26.7. The van der Waals surface area contributed by atoms with Crippen LogP contribution in [0.5, 0.6) is 5.75 Å². The second kappa shape index (κ2) is 16.4. The predicted octanol–water partition coefficient (Wildman–Crippen LogP) is 7.29. The molecular weight excluding hydrogens is 669 g/mol. The fourth-order valence-electron chi connectivity index (χ4n) is 5.94. The fourth-order valence-corrected chi connectivity index (χ4v) is 7.73. The minimum Gasteiger partial charge on any atom is -0.497 e. The van der Waals surface area contributed by atoms with Gasteiger partial charge in [-0.25, -0.2) is 8.42 Å². The lowest BCUT2D eigenvalue weighted by molar-refractivity contribution is -0.140. The highest BCUT2D eigenvalue weighted by atomic mass is 35.5. The molecule has 0 saturated heterocycles. The number of methoxy groups -OCH3 is 1. The van der Waals surface area contributed by atoms with Crippen molar-refractivity contribution in [2.45, 2.75) is 62.0 Å². The first-order valence-corrected chi connectivity index (χ1v) is 18.1. The minimum absolute atomic E-state index is 0.000183. The second-order valence-electron chi connectivity index (χ2n) is 11.8. The molecule has 0 aromatic heterocycles. The lowest BCUT2D eigenvalue weighted by Crippen LogP contribution is -2.55. The number of rotatable bonds is 13. The summed E-state index contributed by atoms with van der Waals surface area (Å²) in [5.74, 6) is -0.386. The molecule has 1 unspecified atom stereocenters. The van der Waals surface area contributed by atoms with Crippen LogP contribution in [0.2, 0.25) is 10.0 Å². The van der Waals surface area contributed by atoms with Crippen LogP contribution in [0.3, 0.4) is 0 Å². The average Bonchev–Trinajstić information content (AvgIpc) is 3.10. The molecule has 4 aromatic rings. The number of hydrogen-bond donors (Lipinski definition) is 1. The molecule has 48 heavy (non-hydrogen) atoms. The summed E-state index contributed by atoms with van der Waals surface area (Å²) in [5.41, 5.74) is 1.69. The zero-order valence-corrected chi connectivity index (χ0v) is 29.1. The van der Waals surface area contributed by atoms with Gasteiger partial charge in [0.25, 0.3) is 10.0 Å². The van der Waals surface area contributed by atoms with Gasteiger partial charge in [0.2, 0.25) is 11.8 Å². The number of carbonyl (C=O) groups excluding carboxylic acids is 2. The van der Waals surface area contributed by atoms with Gasteiger partial charge < -0.3 is 15.0 Å². The van der Waals surface area contributed by atoms with E-state index in [-0.39, 0.29) is 35.5 Å². The number of amides is 2. The van der Waals surface area contributed by atoms with Crippen molar-refractivity contribution in [2.75, 3.05) is 18.0 Å². The molecule has 1 atom stereocenters. The Kier molecular flexibility index (Phi) is 12.0. The van der Waals surface area contributed by atoms with Crippen molar-refractivity contribution in [2.24, 2.45) is 0 Å². The van der Waals surface area contributed by atoms with Gasteiger partial charge >= 0.3 is 0 Å². The summed E-state index contributed by atoms with van der Waals surface area (Å²) in [6.45, 7) is -0.610. The van der Waals surface area contributed by atoms with Crippen LogP contribution < -0.4 is 14.4 Å². The Balaban J connectivity index is 1.57. The number of carbonyl (C=O) groups is 2. The third-order valence-electron chi connectivity index (χ3n) is 8.54. The van der Waals surface area contributed by atoms with E-state index in [2.05, 4.69) is 5.32 Å². The maximum Gasteiger partial charge on any atom is 0.264 e. The monoisotopic (exact) mass is 707 g/mol. The molecule has 252 valence electrons. The van der Waals surface area contributed by atoms with E-state index in [1.54, 1.807) is 48.5 Å². The number of halogens is 2. The first-order chi connectivity index (χ1) is 23.2. The van der Waals surface area contributed by atoms with E-state index in [1.807, 2.05) is 36.4 Å². The fraction of sp³-hybridized carbons (Fsp3) is 0.297. The molecule has 2 amide bonds. The van der Waals surface area contributed by atoms with E-state index in [0.717, 1.165) is 42.0 Å². The highest BCUT2D eigenvalue weighted by molar-refractivity contribution is 7.92. The van der Waals surface area contributed by atoms with E-state index in [9.17, 15) is 18.0 Å². The summed E-state index contributed by atoms with van der Waals surface area (Å²) in [4.78, 5) is 30.3. The zero-order chi connectivity index (χ0) is 34.1. The summed E-state index contributed by atoms with van der Waals surface area (Å²) in [6.07, 6.45) is 5.12. The molecule has 0 radical (unpaired) electrons. The number of nitrogens with zero attached hydrogens (tertiary/aromatic N) is 2. The molecular formula is C37H39Cl2N3O5S. The molecule has 0 bridgehead atoms. The topological polar surface area (TPSA) is 96.0 Å². The van der Waals surface area contributed by atoms with Crippen LogP contribution >= 0.6 is 23.2 Å². The molecule has 0 heterocycles. The van der Waals surface area contributed by atoms with Gasteiger partial charge in [0.1, 0.15) is 18.3 Å². The molecule has 1 N–H and O–H groups in total. The van der Waals surface area contributed by atoms with Crippen LogP contribution in [0.25, 0.3) is 0 Å². The summed E-state index contributed by atoms with van der Waals surface area (Å²) < 4.78 is 34.7. The van der Waals surface area contributed by atoms with E-state index in [1.165, 1.54) is 30.2 Å². The van der Waals surface area contributed by atoms with Gasteiger partial charge in [0.15, 0.2) is 0 Å². The number of sulfonamides is 1. The highest BCUT2D eigenvalue weighted by Gasteiger charge is 2.35. The minimum atomic E-state index is -4.29. The summed E-state index contributed by atoms with van der Waals surface area (Å²) >= 11 is 12.9. The Hall–Kier alpha value is -4.05. The van der Waals surface area contributed by atoms with E-state index >= 15 is 0 Å². The van der Waals surface area contributed by atoms with Crippen molar-refractivity contribution >= 4 is 50.7 Å². The Morgan fingerprint density at radius 3 is 2.23 bits per heavy atom. The standard InChI is InChI=1S/C37H39Cl2N3O5S/c1-47-32-19-21-33(22-20-32)48(45,46)42(31-17-10-14-29(38)24-31)26-36(43)41(25-28-13-8-9-18-34(28)39)35(23-27-11-4-2-5-12-27)37(44)40-30-15-6-3-7-16-30/h2,4-5,8-14,17-22,24,30,35H,3,6-7,15-16,23,25-26H2,1H3,(H,40,44). The van der Waals surface area contributed by atoms with Crippen molar-refractivity contribution in [1.29, 1.82) is 0 Å². The van der Waals surface area contributed by atoms with Crippen LogP contribution in [0, 0.1) is 0 Å². The quantitative estimate of drug-likeness (QED) is 0.158. The SMILES string of the molecule is COc1ccc(S(=O)(=O)N(CC(=O)N(Cc2ccccc2Cl)C(Cc2ccccc2)C(=O)NC2CCCCC2)c2cccc(Cl)c2)cc1. The summed E-state index contributed by atoms with van der Waals surface area (Å²) in [5, 5.41) is 3.94. The number of ether oxygens (including phenoxy) is 1. The van der Waals surface area contributed by atoms with Gasteiger partial charge in [-0.2, -0.15) is 0 Å². The molecule has 1 aliphatic carbocycles. The van der Waals surface area contributed by atoms with Gasteiger partial charge in [0, 0.05) is 29.1 Å². The van der Waals surface area contributed by atoms with Crippen LogP contribution in [0.1, 0.15) is 43.2 Å². The molecule has 0 spiro atoms. The number of hydrogen-bond acceptors (Lipinski definition) is 5. The van der Waals surface area contributed by atoms with E-state index in [4.69, 9.17) is 27.9 Å². The van der Waals surface area contributed by atoms with Crippen molar-refractivity contribution in [3.05, 3.63) is 124 Å². The van der Waals surface area contributed by atoms with Gasteiger partial charge in [-0.3, -0.25) is 13.9 Å². The molecule has 0 aliphatic heterocycles. The summed E-state index contributed by atoms with van der Waals surface area (Å²) in [6, 6.07) is 27.9. The van der Waals surface area contributed by atoms with Crippen molar-refractivity contribution in [3.63, 3.8) is 0 Å². The Morgan fingerprint density at radius 2 is 1.56 bits per heavy atom. The number of benzene rings is 4. The van der Waals surface area contributed by atoms with Crippen molar-refractivity contribution < 1.29 is 22.7 Å². The maximum atomic E-state index is 14.7. The molecule has 11 heteroatoms. The molecule has 5 rings (SSSR count). The van der Waals surface area contributed by atoms with Crippen LogP contribution in [-0.4, -0.2) is 50.9 Å². The molecule has 1 saturated carbocycles. The molecule has 1 aliphatic rings. The first kappa shape index (κ1) is 35.3. The third kappa shape index (κ3) is 8.89. The highest BCUT2D eigenvalue weighted by Crippen LogP contribution is 2.29. The van der Waals surface area contributed by atoms with E-state index < -0.39 is 28.5 Å². The molecule has 8 nitrogen and oxygen atoms in total. The second-order valence-corrected chi connectivity index (χ2v) is 14.5. The number of nitrogens with one attached hydrogen (secondary N) is 1. The van der Waals surface area contributed by atoms with Gasteiger partial charge in [-0.1, -0.05) is 97.1 Å². The lowest BCUT2D eigenvalue weighted by atomic mass is 9.94. The Labute approximate surface area is 292 Å². The summed E-state index contributed by atoms with van der Waals surface area (Å²) in [7, 11) is -2.80. The Bertz CT molecular complexity index is 1800. The average molecular weight is 709 g/mol. The Morgan fingerprint density at radius 1 is 0.875 bits per heavy atom. The lowest BCUT2D eigenvalue weighted by Gasteiger charge is -2.35. The van der Waals surface area contributed by atoms with Crippen LogP contribution in [0.4, 0.5) is 5.69 Å². The predicted molar refractivity (Wildman–Crippen MR) is 190 cm³/mol. The largest absolute Gasteiger partial charge is 0.497 e. The number of anilines is 1. The normalized spacial score (nSPS) is 14.1. The third-order valence-corrected chi connectivity index (χ3v) is 10.9. The van der Waals surface area contributed by atoms with E-state index in [0.29, 0.717) is 21.4 Å². The van der Waals surface area contributed by atoms with Gasteiger partial charge in [-0.15, -0.1) is 0 Å². The van der Waals surface area contributed by atoms with Gasteiger partial charge in [-0.05, 0) is 72.5 Å². The smallest absolute Gasteiger partial charge is 0.264 e. The van der Waals surface area contributed by atoms with Crippen LogP contribution in [-0.2, 0) is 32.6 Å². The molecule has 4 aromatic carbocycles. The first-order valence-electron chi connectivity index (χ1n) is 16.0. The van der Waals surface area contributed by atoms with Crippen molar-refractivity contribution in [3.8, 4) is 5.75 Å². The molecule has 1 fully saturated rings. The maximum absolute atomic E-state index is 14.7. The van der Waals surface area contributed by atoms with Crippen molar-refractivity contribution in [1.82, 2.24) is 10.2 Å².